The van der Waals surface area contributed by atoms with Crippen LogP contribution in [0.3, 0.4) is 0 Å². The van der Waals surface area contributed by atoms with E-state index in [0.717, 1.165) is 8.45 Å². The monoisotopic (exact) mass is 282 g/mol. The Balaban J connectivity index is -0.000000180. The summed E-state index contributed by atoms with van der Waals surface area (Å²) < 4.78 is 2.00. The quantitative estimate of drug-likeness (QED) is 0.599. The molecule has 0 atom stereocenters. The molecule has 2 N–H and O–H groups in total. The van der Waals surface area contributed by atoms with Crippen molar-refractivity contribution in [2.45, 2.75) is 50.0 Å². The maximum atomic E-state index is 9.44. The SMILES string of the molecule is CC(C)=O.C[CH](C)[Ti][CH](C)C.O=C(O)C(=O)O. The van der Waals surface area contributed by atoms with Crippen LogP contribution in [0.4, 0.5) is 0 Å². The minimum absolute atomic E-state index is 0.167. The number of carboxylic acids is 2. The number of ketones is 1. The van der Waals surface area contributed by atoms with Gasteiger partial charge in [-0.1, -0.05) is 0 Å². The minimum atomic E-state index is -1.82. The van der Waals surface area contributed by atoms with Gasteiger partial charge in [0.25, 0.3) is 0 Å². The molecule has 5 nitrogen and oxygen atoms in total. The maximum Gasteiger partial charge on any atom is 0.414 e. The first-order valence-electron chi connectivity index (χ1n) is 5.20. The summed E-state index contributed by atoms with van der Waals surface area (Å²) in [6.07, 6.45) is 0. The molecular formula is C11H22O5Ti. The van der Waals surface area contributed by atoms with Crippen LogP contribution in [0.15, 0.2) is 0 Å². The van der Waals surface area contributed by atoms with E-state index in [1.807, 2.05) is 0 Å². The average molecular weight is 282 g/mol. The van der Waals surface area contributed by atoms with Gasteiger partial charge in [0.15, 0.2) is 0 Å². The Hall–Kier alpha value is -0.676. The standard InChI is InChI=1S/C3H6O.2C3H7.C2H2O4.Ti/c1-3(2)4;2*1-3-2;3-1(4)2(5)6;/h1-2H3;2*3H,1-2H3;(H,3,4)(H,5,6);. The van der Waals surface area contributed by atoms with Gasteiger partial charge < -0.3 is 15.0 Å². The van der Waals surface area contributed by atoms with Crippen molar-refractivity contribution in [2.75, 3.05) is 0 Å². The predicted molar refractivity (Wildman–Crippen MR) is 61.8 cm³/mol. The van der Waals surface area contributed by atoms with Crippen molar-refractivity contribution in [3.63, 3.8) is 0 Å². The number of carboxylic acid groups (broad SMARTS) is 2. The zero-order valence-electron chi connectivity index (χ0n) is 11.3. The first kappa shape index (κ1) is 21.6. The summed E-state index contributed by atoms with van der Waals surface area (Å²) in [5, 5.41) is 14.8. The molecule has 0 aromatic rings. The molecule has 0 aromatic carbocycles. The second-order valence-corrected chi connectivity index (χ2v) is 8.12. The maximum absolute atomic E-state index is 9.44. The summed E-state index contributed by atoms with van der Waals surface area (Å²) in [4.78, 5) is 27.6. The Morgan fingerprint density at radius 3 is 1.00 bits per heavy atom. The van der Waals surface area contributed by atoms with Crippen LogP contribution in [-0.4, -0.2) is 27.9 Å². The van der Waals surface area contributed by atoms with Crippen molar-refractivity contribution in [2.24, 2.45) is 0 Å². The van der Waals surface area contributed by atoms with E-state index in [-0.39, 0.29) is 5.78 Å². The van der Waals surface area contributed by atoms with E-state index in [1.54, 1.807) is 0 Å². The molecule has 0 aromatic heterocycles. The summed E-state index contributed by atoms with van der Waals surface area (Å²) >= 11 is 0.389. The van der Waals surface area contributed by atoms with Gasteiger partial charge in [-0.15, -0.1) is 0 Å². The van der Waals surface area contributed by atoms with Gasteiger partial charge in [-0.05, 0) is 13.8 Å². The second kappa shape index (κ2) is 13.4. The van der Waals surface area contributed by atoms with Crippen LogP contribution in [0.5, 0.6) is 0 Å². The largest absolute Gasteiger partial charge is 0.473 e. The van der Waals surface area contributed by atoms with Crippen molar-refractivity contribution in [3.8, 4) is 0 Å². The van der Waals surface area contributed by atoms with Gasteiger partial charge in [-0.3, -0.25) is 0 Å². The van der Waals surface area contributed by atoms with E-state index in [4.69, 9.17) is 19.8 Å². The van der Waals surface area contributed by atoms with Crippen LogP contribution < -0.4 is 0 Å². The smallest absolute Gasteiger partial charge is 0.414 e. The molecule has 0 saturated heterocycles. The Morgan fingerprint density at radius 2 is 1.00 bits per heavy atom. The molecule has 17 heavy (non-hydrogen) atoms. The molecule has 0 radical (unpaired) electrons. The molecule has 0 fully saturated rings. The van der Waals surface area contributed by atoms with Crippen molar-refractivity contribution in [1.82, 2.24) is 0 Å². The van der Waals surface area contributed by atoms with Crippen LogP contribution in [0, 0.1) is 0 Å². The molecule has 0 unspecified atom stereocenters. The van der Waals surface area contributed by atoms with Crippen LogP contribution >= 0.6 is 0 Å². The molecule has 0 saturated carbocycles. The summed E-state index contributed by atoms with van der Waals surface area (Å²) in [5.74, 6) is -3.48. The third-order valence-electron chi connectivity index (χ3n) is 0.850. The number of hydrogen-bond donors (Lipinski definition) is 2. The Morgan fingerprint density at radius 1 is 0.824 bits per heavy atom. The number of carbonyl (C=O) groups excluding carboxylic acids is 1. The Bertz CT molecular complexity index is 214. The number of Topliss-reactive ketones (excluding diaryl/α,β-unsaturated/α-hetero) is 1. The van der Waals surface area contributed by atoms with E-state index >= 15 is 0 Å². The minimum Gasteiger partial charge on any atom is -0.473 e. The van der Waals surface area contributed by atoms with E-state index in [0.29, 0.717) is 19.2 Å². The second-order valence-electron chi connectivity index (χ2n) is 3.99. The van der Waals surface area contributed by atoms with Crippen LogP contribution in [-0.2, 0) is 33.5 Å². The van der Waals surface area contributed by atoms with E-state index in [2.05, 4.69) is 27.7 Å². The summed E-state index contributed by atoms with van der Waals surface area (Å²) in [7, 11) is 0. The van der Waals surface area contributed by atoms with Gasteiger partial charge in [0.05, 0.1) is 0 Å². The summed E-state index contributed by atoms with van der Waals surface area (Å²) in [5.41, 5.74) is 0. The van der Waals surface area contributed by atoms with Gasteiger partial charge in [0, 0.05) is 0 Å². The molecular weight excluding hydrogens is 260 g/mol. The Kier molecular flexibility index (Phi) is 17.0. The molecule has 0 spiro atoms. The topological polar surface area (TPSA) is 91.7 Å². The van der Waals surface area contributed by atoms with Gasteiger partial charge >= 0.3 is 67.2 Å². The summed E-state index contributed by atoms with van der Waals surface area (Å²) in [6, 6.07) is 0. The van der Waals surface area contributed by atoms with Crippen LogP contribution in [0.25, 0.3) is 0 Å². The van der Waals surface area contributed by atoms with Crippen molar-refractivity contribution >= 4 is 17.7 Å². The van der Waals surface area contributed by atoms with Crippen LogP contribution in [0.2, 0.25) is 8.45 Å². The third kappa shape index (κ3) is 50.7. The number of rotatable bonds is 2. The van der Waals surface area contributed by atoms with Crippen molar-refractivity contribution < 1.29 is 43.7 Å². The molecule has 0 heterocycles. The molecule has 0 rings (SSSR count). The van der Waals surface area contributed by atoms with E-state index in [9.17, 15) is 4.79 Å². The first-order valence-corrected chi connectivity index (χ1v) is 7.00. The zero-order valence-corrected chi connectivity index (χ0v) is 12.8. The molecule has 6 heteroatoms. The molecule has 0 aliphatic rings. The molecule has 0 aliphatic heterocycles. The van der Waals surface area contributed by atoms with Gasteiger partial charge in [0.1, 0.15) is 5.78 Å². The normalized spacial score (nSPS) is 8.47. The van der Waals surface area contributed by atoms with E-state index in [1.165, 1.54) is 13.8 Å². The number of hydrogen-bond acceptors (Lipinski definition) is 3. The van der Waals surface area contributed by atoms with Crippen LogP contribution in [0.1, 0.15) is 41.5 Å². The fourth-order valence-electron chi connectivity index (χ4n) is 0.667. The molecule has 0 bridgehead atoms. The fraction of sp³-hybridized carbons (Fsp3) is 0.727. The number of carbonyl (C=O) groups is 3. The molecule has 0 aliphatic carbocycles. The van der Waals surface area contributed by atoms with Crippen molar-refractivity contribution in [1.29, 1.82) is 0 Å². The predicted octanol–water partition coefficient (Wildman–Crippen LogP) is 2.48. The number of aliphatic carboxylic acids is 2. The van der Waals surface area contributed by atoms with E-state index < -0.39 is 11.9 Å². The fourth-order valence-corrected chi connectivity index (χ4v) is 2.75. The molecule has 0 amide bonds. The molecule has 100 valence electrons. The van der Waals surface area contributed by atoms with Crippen molar-refractivity contribution in [3.05, 3.63) is 0 Å². The van der Waals surface area contributed by atoms with Gasteiger partial charge in [-0.2, -0.15) is 0 Å². The average Bonchev–Trinajstić information content (AvgIpc) is 2.00. The first-order chi connectivity index (χ1) is 7.50. The third-order valence-corrected chi connectivity index (χ3v) is 2.93. The zero-order chi connectivity index (χ0) is 14.6. The Labute approximate surface area is 112 Å². The summed E-state index contributed by atoms with van der Waals surface area (Å²) in [6.45, 7) is 12.3. The van der Waals surface area contributed by atoms with Gasteiger partial charge in [-0.25, -0.2) is 9.59 Å². The van der Waals surface area contributed by atoms with Gasteiger partial charge in [0.2, 0.25) is 0 Å².